The Morgan fingerprint density at radius 2 is 2.23 bits per heavy atom. The van der Waals surface area contributed by atoms with E-state index >= 15 is 0 Å². The van der Waals surface area contributed by atoms with Gasteiger partial charge in [-0.15, -0.1) is 0 Å². The summed E-state index contributed by atoms with van der Waals surface area (Å²) in [5, 5.41) is -1.00. The van der Waals surface area contributed by atoms with Gasteiger partial charge in [0.1, 0.15) is 5.25 Å². The maximum absolute atomic E-state index is 11.4. The van der Waals surface area contributed by atoms with Crippen molar-refractivity contribution in [2.45, 2.75) is 18.6 Å². The summed E-state index contributed by atoms with van der Waals surface area (Å²) in [5.74, 6) is -0.252. The van der Waals surface area contributed by atoms with Gasteiger partial charge in [0.25, 0.3) is 0 Å². The lowest BCUT2D eigenvalue weighted by Gasteiger charge is -2.08. The van der Waals surface area contributed by atoms with Gasteiger partial charge in [0.15, 0.2) is 15.6 Å². The highest BCUT2D eigenvalue weighted by Crippen LogP contribution is 2.14. The van der Waals surface area contributed by atoms with Crippen LogP contribution in [0.5, 0.6) is 0 Å². The first-order valence-corrected chi connectivity index (χ1v) is 5.94. The van der Waals surface area contributed by atoms with Gasteiger partial charge >= 0.3 is 0 Å². The first kappa shape index (κ1) is 10.2. The molecule has 74 valence electrons. The summed E-state index contributed by atoms with van der Waals surface area (Å²) in [6.45, 7) is 1.84. The van der Waals surface area contributed by atoms with E-state index in [1.165, 1.54) is 6.92 Å². The number of ether oxygens (including phenoxy) is 1. The zero-order valence-electron chi connectivity index (χ0n) is 7.61. The van der Waals surface area contributed by atoms with Crippen molar-refractivity contribution in [1.82, 2.24) is 0 Å². The highest BCUT2D eigenvalue weighted by atomic mass is 32.2. The molecular formula is C8H12O4S. The van der Waals surface area contributed by atoms with E-state index in [0.717, 1.165) is 6.26 Å². The largest absolute Gasteiger partial charge is 0.490 e. The molecule has 0 bridgehead atoms. The zero-order chi connectivity index (χ0) is 10.1. The number of hydrogen-bond donors (Lipinski definition) is 0. The lowest BCUT2D eigenvalue weighted by atomic mass is 10.2. The molecule has 0 spiro atoms. The molecule has 1 aliphatic heterocycles. The van der Waals surface area contributed by atoms with Crippen LogP contribution in [0.3, 0.4) is 0 Å². The second-order valence-electron chi connectivity index (χ2n) is 3.04. The van der Waals surface area contributed by atoms with E-state index in [1.807, 2.05) is 0 Å². The van der Waals surface area contributed by atoms with Gasteiger partial charge in [0, 0.05) is 12.7 Å². The molecule has 13 heavy (non-hydrogen) atoms. The van der Waals surface area contributed by atoms with Gasteiger partial charge in [-0.05, 0) is 13.0 Å². The number of allylic oxidation sites excluding steroid dienone is 1. The van der Waals surface area contributed by atoms with Crippen molar-refractivity contribution < 1.29 is 17.9 Å². The third-order valence-corrected chi connectivity index (χ3v) is 3.46. The van der Waals surface area contributed by atoms with Crippen LogP contribution < -0.4 is 0 Å². The SMILES string of the molecule is CC(C(=O)C1=CCCO1)S(C)(=O)=O. The minimum atomic E-state index is -3.31. The predicted octanol–water partition coefficient (Wildman–Crippen LogP) is 0.293. The van der Waals surface area contributed by atoms with Gasteiger partial charge in [0.2, 0.25) is 5.78 Å². The quantitative estimate of drug-likeness (QED) is 0.663. The number of Topliss-reactive ketones (excluding diaryl/α,β-unsaturated/α-hetero) is 1. The van der Waals surface area contributed by atoms with E-state index in [-0.39, 0.29) is 5.76 Å². The second-order valence-corrected chi connectivity index (χ2v) is 5.41. The molecule has 0 aromatic rings. The summed E-state index contributed by atoms with van der Waals surface area (Å²) in [4.78, 5) is 11.4. The number of rotatable bonds is 3. The first-order valence-electron chi connectivity index (χ1n) is 3.99. The Bertz CT molecular complexity index is 339. The molecular weight excluding hydrogens is 192 g/mol. The summed E-state index contributed by atoms with van der Waals surface area (Å²) < 4.78 is 27.0. The summed E-state index contributed by atoms with van der Waals surface area (Å²) in [7, 11) is -3.31. The average molecular weight is 204 g/mol. The first-order chi connectivity index (χ1) is 5.93. The van der Waals surface area contributed by atoms with Crippen LogP contribution in [0.4, 0.5) is 0 Å². The van der Waals surface area contributed by atoms with E-state index in [4.69, 9.17) is 4.74 Å². The van der Waals surface area contributed by atoms with Crippen molar-refractivity contribution >= 4 is 15.6 Å². The van der Waals surface area contributed by atoms with Crippen LogP contribution in [-0.2, 0) is 19.4 Å². The summed E-state index contributed by atoms with van der Waals surface area (Å²) in [6, 6.07) is 0. The second kappa shape index (κ2) is 3.49. The Balaban J connectivity index is 2.79. The number of ketones is 1. The number of carbonyl (C=O) groups is 1. The van der Waals surface area contributed by atoms with Crippen LogP contribution in [-0.4, -0.2) is 32.3 Å². The van der Waals surface area contributed by atoms with Gasteiger partial charge < -0.3 is 4.74 Å². The fraction of sp³-hybridized carbons (Fsp3) is 0.625. The van der Waals surface area contributed by atoms with Gasteiger partial charge in [0.05, 0.1) is 6.61 Å². The van der Waals surface area contributed by atoms with Crippen molar-refractivity contribution in [3.05, 3.63) is 11.8 Å². The molecule has 0 radical (unpaired) electrons. The summed E-state index contributed by atoms with van der Waals surface area (Å²) in [6.07, 6.45) is 3.35. The average Bonchev–Trinajstić information content (AvgIpc) is 2.51. The van der Waals surface area contributed by atoms with Crippen molar-refractivity contribution in [1.29, 1.82) is 0 Å². The lowest BCUT2D eigenvalue weighted by Crippen LogP contribution is -2.27. The molecule has 1 atom stereocenters. The van der Waals surface area contributed by atoms with Crippen molar-refractivity contribution in [2.75, 3.05) is 12.9 Å². The zero-order valence-corrected chi connectivity index (χ0v) is 8.43. The molecule has 0 saturated carbocycles. The molecule has 1 rings (SSSR count). The van der Waals surface area contributed by atoms with Gasteiger partial charge in [-0.1, -0.05) is 0 Å². The third-order valence-electron chi connectivity index (χ3n) is 1.96. The van der Waals surface area contributed by atoms with Crippen molar-refractivity contribution in [3.8, 4) is 0 Å². The summed E-state index contributed by atoms with van der Waals surface area (Å²) >= 11 is 0. The third kappa shape index (κ3) is 2.30. The standard InChI is InChI=1S/C8H12O4S/c1-6(13(2,10)11)8(9)7-4-3-5-12-7/h4,6H,3,5H2,1-2H3. The normalized spacial score (nSPS) is 19.1. The smallest absolute Gasteiger partial charge is 0.214 e. The molecule has 0 aliphatic carbocycles. The van der Waals surface area contributed by atoms with Gasteiger partial charge in [-0.3, -0.25) is 4.79 Å². The minimum absolute atomic E-state index is 0.193. The molecule has 1 heterocycles. The number of carbonyl (C=O) groups excluding carboxylic acids is 1. The highest BCUT2D eigenvalue weighted by molar-refractivity contribution is 7.92. The van der Waals surface area contributed by atoms with Crippen LogP contribution in [0, 0.1) is 0 Å². The number of sulfone groups is 1. The Labute approximate surface area is 77.5 Å². The Hall–Kier alpha value is -0.840. The lowest BCUT2D eigenvalue weighted by molar-refractivity contribution is -0.117. The van der Waals surface area contributed by atoms with Crippen LogP contribution in [0.25, 0.3) is 0 Å². The minimum Gasteiger partial charge on any atom is -0.490 e. The van der Waals surface area contributed by atoms with Gasteiger partial charge in [-0.2, -0.15) is 0 Å². The van der Waals surface area contributed by atoms with E-state index in [2.05, 4.69) is 0 Å². The predicted molar refractivity (Wildman–Crippen MR) is 48.0 cm³/mol. The summed E-state index contributed by atoms with van der Waals surface area (Å²) in [5.41, 5.74) is 0. The van der Waals surface area contributed by atoms with Gasteiger partial charge in [-0.25, -0.2) is 8.42 Å². The van der Waals surface area contributed by atoms with Crippen LogP contribution in [0.15, 0.2) is 11.8 Å². The molecule has 1 aliphatic rings. The number of hydrogen-bond acceptors (Lipinski definition) is 4. The van der Waals surface area contributed by atoms with Crippen LogP contribution >= 0.6 is 0 Å². The van der Waals surface area contributed by atoms with E-state index < -0.39 is 20.9 Å². The van der Waals surface area contributed by atoms with Crippen LogP contribution in [0.2, 0.25) is 0 Å². The van der Waals surface area contributed by atoms with Crippen LogP contribution in [0.1, 0.15) is 13.3 Å². The molecule has 0 fully saturated rings. The molecule has 0 aromatic carbocycles. The molecule has 1 unspecified atom stereocenters. The Morgan fingerprint density at radius 1 is 1.62 bits per heavy atom. The Morgan fingerprint density at radius 3 is 2.62 bits per heavy atom. The molecule has 0 amide bonds. The maximum atomic E-state index is 11.4. The molecule has 0 N–H and O–H groups in total. The fourth-order valence-electron chi connectivity index (χ4n) is 0.984. The van der Waals surface area contributed by atoms with Crippen molar-refractivity contribution in [3.63, 3.8) is 0 Å². The van der Waals surface area contributed by atoms with E-state index in [0.29, 0.717) is 13.0 Å². The highest BCUT2D eigenvalue weighted by Gasteiger charge is 2.28. The Kier molecular flexibility index (Phi) is 2.75. The van der Waals surface area contributed by atoms with E-state index in [9.17, 15) is 13.2 Å². The fourth-order valence-corrected chi connectivity index (χ4v) is 1.49. The molecule has 0 aromatic heterocycles. The molecule has 4 nitrogen and oxygen atoms in total. The molecule has 0 saturated heterocycles. The maximum Gasteiger partial charge on any atom is 0.214 e. The van der Waals surface area contributed by atoms with Crippen molar-refractivity contribution in [2.24, 2.45) is 0 Å². The van der Waals surface area contributed by atoms with E-state index in [1.54, 1.807) is 6.08 Å². The monoisotopic (exact) mass is 204 g/mol. The topological polar surface area (TPSA) is 60.4 Å². The molecule has 5 heteroatoms.